The van der Waals surface area contributed by atoms with Crippen molar-refractivity contribution >= 4 is 17.0 Å². The van der Waals surface area contributed by atoms with Gasteiger partial charge in [0.05, 0.1) is 23.1 Å². The Balaban J connectivity index is 2.20. The van der Waals surface area contributed by atoms with E-state index in [0.29, 0.717) is 17.8 Å². The molecule has 1 aromatic heterocycles. The molecule has 2 rings (SSSR count). The maximum absolute atomic E-state index is 12.8. The van der Waals surface area contributed by atoms with Crippen molar-refractivity contribution in [3.05, 3.63) is 29.6 Å². The van der Waals surface area contributed by atoms with Crippen LogP contribution in [0.15, 0.2) is 18.2 Å². The predicted molar refractivity (Wildman–Crippen MR) is 83.5 cm³/mol. The van der Waals surface area contributed by atoms with Gasteiger partial charge in [-0.3, -0.25) is 10.1 Å². The molecule has 0 aliphatic heterocycles. The van der Waals surface area contributed by atoms with Crippen LogP contribution in [0.5, 0.6) is 0 Å². The Bertz CT molecular complexity index is 725. The summed E-state index contributed by atoms with van der Waals surface area (Å²) in [4.78, 5) is 15.4. The van der Waals surface area contributed by atoms with Gasteiger partial charge in [0.25, 0.3) is 0 Å². The second-order valence-corrected chi connectivity index (χ2v) is 5.70. The molecule has 2 N–H and O–H groups in total. The quantitative estimate of drug-likeness (QED) is 0.809. The minimum absolute atomic E-state index is 0.174. The van der Waals surface area contributed by atoms with Crippen molar-refractivity contribution in [1.82, 2.24) is 14.9 Å². The fourth-order valence-corrected chi connectivity index (χ4v) is 2.52. The molecule has 0 saturated heterocycles. The molecule has 0 aliphatic carbocycles. The molecule has 24 heavy (non-hydrogen) atoms. The summed E-state index contributed by atoms with van der Waals surface area (Å²) in [6, 6.07) is 2.70. The van der Waals surface area contributed by atoms with E-state index in [1.54, 1.807) is 11.6 Å². The number of carboxylic acid groups (broad SMARTS) is 1. The van der Waals surface area contributed by atoms with Crippen LogP contribution in [0.25, 0.3) is 11.0 Å². The van der Waals surface area contributed by atoms with E-state index in [0.717, 1.165) is 25.0 Å². The molecule has 2 aromatic rings. The average Bonchev–Trinajstić information content (AvgIpc) is 2.82. The lowest BCUT2D eigenvalue weighted by atomic mass is 10.1. The summed E-state index contributed by atoms with van der Waals surface area (Å²) in [6.45, 7) is 2.15. The van der Waals surface area contributed by atoms with Crippen molar-refractivity contribution < 1.29 is 23.1 Å². The van der Waals surface area contributed by atoms with E-state index < -0.39 is 23.8 Å². The maximum Gasteiger partial charge on any atom is 0.416 e. The molecule has 1 atom stereocenters. The zero-order valence-corrected chi connectivity index (χ0v) is 13.5. The Morgan fingerprint density at radius 3 is 2.71 bits per heavy atom. The van der Waals surface area contributed by atoms with E-state index in [1.165, 1.54) is 6.07 Å². The number of alkyl halides is 3. The van der Waals surface area contributed by atoms with Crippen LogP contribution in [0.2, 0.25) is 0 Å². The number of unbranched alkanes of at least 4 members (excludes halogenated alkanes) is 1. The molecule has 0 saturated carbocycles. The minimum atomic E-state index is -4.42. The fraction of sp³-hybridized carbons (Fsp3) is 0.500. The summed E-state index contributed by atoms with van der Waals surface area (Å²) in [7, 11) is 1.70. The molecule has 1 unspecified atom stereocenters. The zero-order chi connectivity index (χ0) is 17.9. The Morgan fingerprint density at radius 1 is 1.42 bits per heavy atom. The second kappa shape index (κ2) is 7.21. The van der Waals surface area contributed by atoms with Crippen LogP contribution >= 0.6 is 0 Å². The number of aliphatic carboxylic acids is 1. The molecule has 0 amide bonds. The number of nitrogens with one attached hydrogen (secondary N) is 1. The van der Waals surface area contributed by atoms with Crippen molar-refractivity contribution in [2.24, 2.45) is 7.05 Å². The van der Waals surface area contributed by atoms with Gasteiger partial charge in [0.1, 0.15) is 11.9 Å². The summed E-state index contributed by atoms with van der Waals surface area (Å²) in [5, 5.41) is 12.1. The number of rotatable bonds is 7. The maximum atomic E-state index is 12.8. The van der Waals surface area contributed by atoms with E-state index in [9.17, 15) is 23.1 Å². The van der Waals surface area contributed by atoms with E-state index >= 15 is 0 Å². The summed E-state index contributed by atoms with van der Waals surface area (Å²) in [5.74, 6) is -0.450. The Kier molecular flexibility index (Phi) is 5.48. The van der Waals surface area contributed by atoms with Gasteiger partial charge in [0.15, 0.2) is 0 Å². The number of aromatic nitrogens is 2. The molecule has 5 nitrogen and oxygen atoms in total. The number of hydrogen-bond acceptors (Lipinski definition) is 3. The highest BCUT2D eigenvalue weighted by atomic mass is 19.4. The summed E-state index contributed by atoms with van der Waals surface area (Å²) in [5.41, 5.74) is 0.0590. The number of halogens is 3. The van der Waals surface area contributed by atoms with Crippen LogP contribution in [-0.2, 0) is 24.6 Å². The smallest absolute Gasteiger partial charge is 0.416 e. The highest BCUT2D eigenvalue weighted by molar-refractivity contribution is 5.77. The molecule has 0 spiro atoms. The van der Waals surface area contributed by atoms with Crippen molar-refractivity contribution in [3.8, 4) is 0 Å². The van der Waals surface area contributed by atoms with Crippen LogP contribution in [0.4, 0.5) is 13.2 Å². The first-order valence-corrected chi connectivity index (χ1v) is 7.72. The van der Waals surface area contributed by atoms with E-state index in [1.807, 2.05) is 6.92 Å². The van der Waals surface area contributed by atoms with Gasteiger partial charge in [-0.2, -0.15) is 13.2 Å². The summed E-state index contributed by atoms with van der Waals surface area (Å²) < 4.78 is 40.0. The average molecular weight is 343 g/mol. The van der Waals surface area contributed by atoms with Crippen LogP contribution in [0.3, 0.4) is 0 Å². The van der Waals surface area contributed by atoms with E-state index in [-0.39, 0.29) is 12.1 Å². The fourth-order valence-electron chi connectivity index (χ4n) is 2.52. The first-order valence-electron chi connectivity index (χ1n) is 7.72. The first-order chi connectivity index (χ1) is 11.2. The van der Waals surface area contributed by atoms with Gasteiger partial charge in [-0.1, -0.05) is 19.8 Å². The normalized spacial score (nSPS) is 13.4. The number of carboxylic acids is 1. The third kappa shape index (κ3) is 4.05. The number of benzene rings is 1. The highest BCUT2D eigenvalue weighted by Gasteiger charge is 2.31. The molecular weight excluding hydrogens is 323 g/mol. The number of aryl methyl sites for hydroxylation is 1. The standard InChI is InChI=1S/C16H20F3N3O2/c1-3-4-5-11(15(23)24)20-9-14-21-12-8-10(16(17,18)19)6-7-13(12)22(14)2/h6-8,11,20H,3-5,9H2,1-2H3,(H,23,24). The molecule has 132 valence electrons. The lowest BCUT2D eigenvalue weighted by Crippen LogP contribution is -2.36. The summed E-state index contributed by atoms with van der Waals surface area (Å²) in [6.07, 6.45) is -2.26. The van der Waals surface area contributed by atoms with E-state index in [4.69, 9.17) is 0 Å². The largest absolute Gasteiger partial charge is 0.480 e. The van der Waals surface area contributed by atoms with Crippen molar-refractivity contribution in [3.63, 3.8) is 0 Å². The van der Waals surface area contributed by atoms with Crippen LogP contribution < -0.4 is 5.32 Å². The first kappa shape index (κ1) is 18.3. The molecule has 0 bridgehead atoms. The highest BCUT2D eigenvalue weighted by Crippen LogP contribution is 2.31. The lowest BCUT2D eigenvalue weighted by molar-refractivity contribution is -0.140. The number of imidazole rings is 1. The topological polar surface area (TPSA) is 67.2 Å². The van der Waals surface area contributed by atoms with Gasteiger partial charge in [-0.15, -0.1) is 0 Å². The van der Waals surface area contributed by atoms with Gasteiger partial charge in [-0.05, 0) is 24.6 Å². The third-order valence-electron chi connectivity index (χ3n) is 3.95. The SMILES string of the molecule is CCCCC(NCc1nc2cc(C(F)(F)F)ccc2n1C)C(=O)O. The Morgan fingerprint density at radius 2 is 2.12 bits per heavy atom. The van der Waals surface area contributed by atoms with Gasteiger partial charge < -0.3 is 9.67 Å². The number of nitrogens with zero attached hydrogens (tertiary/aromatic N) is 2. The van der Waals surface area contributed by atoms with Crippen molar-refractivity contribution in [1.29, 1.82) is 0 Å². The zero-order valence-electron chi connectivity index (χ0n) is 13.5. The molecule has 1 heterocycles. The number of carbonyl (C=O) groups is 1. The second-order valence-electron chi connectivity index (χ2n) is 5.70. The molecule has 0 radical (unpaired) electrons. The summed E-state index contributed by atoms with van der Waals surface area (Å²) >= 11 is 0. The number of hydrogen-bond donors (Lipinski definition) is 2. The van der Waals surface area contributed by atoms with Crippen molar-refractivity contribution in [2.75, 3.05) is 0 Å². The molecule has 0 fully saturated rings. The monoisotopic (exact) mass is 343 g/mol. The molecule has 0 aliphatic rings. The minimum Gasteiger partial charge on any atom is -0.480 e. The third-order valence-corrected chi connectivity index (χ3v) is 3.95. The Hall–Kier alpha value is -2.09. The predicted octanol–water partition coefficient (Wildman–Crippen LogP) is 3.33. The van der Waals surface area contributed by atoms with Gasteiger partial charge >= 0.3 is 12.1 Å². The van der Waals surface area contributed by atoms with E-state index in [2.05, 4.69) is 10.3 Å². The molecule has 8 heteroatoms. The lowest BCUT2D eigenvalue weighted by Gasteiger charge is -2.13. The number of fused-ring (bicyclic) bond motifs is 1. The van der Waals surface area contributed by atoms with Crippen LogP contribution in [0, 0.1) is 0 Å². The van der Waals surface area contributed by atoms with Gasteiger partial charge in [0, 0.05) is 7.05 Å². The molecular formula is C16H20F3N3O2. The van der Waals surface area contributed by atoms with Crippen LogP contribution in [-0.4, -0.2) is 26.7 Å². The van der Waals surface area contributed by atoms with Gasteiger partial charge in [0.2, 0.25) is 0 Å². The van der Waals surface area contributed by atoms with Crippen molar-refractivity contribution in [2.45, 2.75) is 44.9 Å². The van der Waals surface area contributed by atoms with Crippen LogP contribution in [0.1, 0.15) is 37.6 Å². The molecule has 1 aromatic carbocycles. The van der Waals surface area contributed by atoms with Gasteiger partial charge in [-0.25, -0.2) is 4.98 Å². The Labute approximate surface area is 137 Å².